The molecule has 36 heavy (non-hydrogen) atoms. The average Bonchev–Trinajstić information content (AvgIpc) is 2.78. The second kappa shape index (κ2) is 10.1. The Kier molecular flexibility index (Phi) is 7.29. The lowest BCUT2D eigenvalue weighted by Gasteiger charge is -2.32. The van der Waals surface area contributed by atoms with Crippen LogP contribution in [0.25, 0.3) is 11.3 Å². The predicted octanol–water partition coefficient (Wildman–Crippen LogP) is 5.44. The van der Waals surface area contributed by atoms with Crippen molar-refractivity contribution in [2.75, 3.05) is 0 Å². The highest BCUT2D eigenvalue weighted by atomic mass is 19.1. The van der Waals surface area contributed by atoms with Crippen molar-refractivity contribution in [1.29, 1.82) is 0 Å². The minimum absolute atomic E-state index is 0.00487. The van der Waals surface area contributed by atoms with Gasteiger partial charge in [0.1, 0.15) is 28.8 Å². The number of benzene rings is 1. The quantitative estimate of drug-likeness (QED) is 0.443. The molecule has 2 heterocycles. The summed E-state index contributed by atoms with van der Waals surface area (Å²) < 4.78 is 44.3. The van der Waals surface area contributed by atoms with E-state index in [0.29, 0.717) is 5.92 Å². The number of rotatable bonds is 6. The van der Waals surface area contributed by atoms with Gasteiger partial charge in [-0.1, -0.05) is 6.92 Å². The molecule has 1 aliphatic carbocycles. The van der Waals surface area contributed by atoms with Crippen LogP contribution in [-0.4, -0.2) is 26.9 Å². The molecule has 1 fully saturated rings. The van der Waals surface area contributed by atoms with Gasteiger partial charge < -0.3 is 10.8 Å². The number of nitrogens with two attached hydrogens (primary N) is 1. The minimum atomic E-state index is -1.49. The van der Waals surface area contributed by atoms with E-state index < -0.39 is 40.1 Å². The molecule has 0 unspecified atom stereocenters. The summed E-state index contributed by atoms with van der Waals surface area (Å²) in [6.45, 7) is 4.93. The number of carbonyl (C=O) groups excluding carboxylic acids is 1. The van der Waals surface area contributed by atoms with Crippen molar-refractivity contribution in [1.82, 2.24) is 9.97 Å². The summed E-state index contributed by atoms with van der Waals surface area (Å²) >= 11 is 0. The van der Waals surface area contributed by atoms with Gasteiger partial charge in [0.2, 0.25) is 0 Å². The molecular weight excluding hydrogens is 467 g/mol. The molecule has 1 aromatic carbocycles. The standard InChI is InChI=1S/C28H30F3N3O2/c1-15-8-16(10-19(32)9-15)20-6-7-33-14-17(20)11-25(35)24-5-4-21(29)27(34-24)26-22(30)12-18(13-23(26)31)28(2,3)36/h4-7,12-16,19,36H,8-11,32H2,1-3H3/t15-,16+,19-/m0/s1. The van der Waals surface area contributed by atoms with E-state index in [1.807, 2.05) is 6.07 Å². The molecule has 0 bridgehead atoms. The topological polar surface area (TPSA) is 89.1 Å². The van der Waals surface area contributed by atoms with Crippen molar-refractivity contribution in [3.8, 4) is 11.3 Å². The number of Topliss-reactive ketones (excluding diaryl/α,β-unsaturated/α-hetero) is 1. The van der Waals surface area contributed by atoms with E-state index in [-0.39, 0.29) is 29.6 Å². The van der Waals surface area contributed by atoms with Crippen LogP contribution in [0.3, 0.4) is 0 Å². The van der Waals surface area contributed by atoms with Crippen LogP contribution in [0.1, 0.15) is 73.1 Å². The lowest BCUT2D eigenvalue weighted by molar-refractivity contribution is 0.0778. The maximum atomic E-state index is 14.8. The van der Waals surface area contributed by atoms with Gasteiger partial charge >= 0.3 is 0 Å². The molecule has 3 atom stereocenters. The highest BCUT2D eigenvalue weighted by Crippen LogP contribution is 2.37. The number of carbonyl (C=O) groups is 1. The van der Waals surface area contributed by atoms with Crippen molar-refractivity contribution < 1.29 is 23.1 Å². The van der Waals surface area contributed by atoms with E-state index in [1.165, 1.54) is 19.9 Å². The summed E-state index contributed by atoms with van der Waals surface area (Å²) in [6.07, 6.45) is 6.01. The van der Waals surface area contributed by atoms with Crippen LogP contribution in [0.4, 0.5) is 13.2 Å². The van der Waals surface area contributed by atoms with E-state index in [0.717, 1.165) is 48.6 Å². The van der Waals surface area contributed by atoms with Crippen LogP contribution in [0.2, 0.25) is 0 Å². The van der Waals surface area contributed by atoms with Gasteiger partial charge in [-0.2, -0.15) is 0 Å². The van der Waals surface area contributed by atoms with Crippen molar-refractivity contribution in [2.45, 2.75) is 64.0 Å². The number of aliphatic hydroxyl groups is 1. The zero-order valence-electron chi connectivity index (χ0n) is 20.6. The first-order valence-electron chi connectivity index (χ1n) is 12.0. The van der Waals surface area contributed by atoms with E-state index in [2.05, 4.69) is 16.9 Å². The number of nitrogens with zero attached hydrogens (tertiary/aromatic N) is 2. The van der Waals surface area contributed by atoms with Gasteiger partial charge in [-0.25, -0.2) is 18.2 Å². The lowest BCUT2D eigenvalue weighted by Crippen LogP contribution is -2.31. The Labute approximate surface area is 208 Å². The van der Waals surface area contributed by atoms with Crippen molar-refractivity contribution >= 4 is 5.78 Å². The number of pyridine rings is 2. The third-order valence-electron chi connectivity index (χ3n) is 6.83. The zero-order valence-corrected chi connectivity index (χ0v) is 20.6. The molecule has 0 radical (unpaired) electrons. The molecule has 8 heteroatoms. The summed E-state index contributed by atoms with van der Waals surface area (Å²) in [7, 11) is 0. The Morgan fingerprint density at radius 1 is 1.08 bits per heavy atom. The van der Waals surface area contributed by atoms with Crippen LogP contribution in [-0.2, 0) is 12.0 Å². The smallest absolute Gasteiger partial charge is 0.185 e. The molecule has 1 aliphatic rings. The highest BCUT2D eigenvalue weighted by Gasteiger charge is 2.28. The van der Waals surface area contributed by atoms with Crippen molar-refractivity contribution in [3.63, 3.8) is 0 Å². The molecule has 5 nitrogen and oxygen atoms in total. The number of hydrogen-bond acceptors (Lipinski definition) is 5. The van der Waals surface area contributed by atoms with E-state index >= 15 is 0 Å². The normalized spacial score (nSPS) is 20.4. The number of ketones is 1. The van der Waals surface area contributed by atoms with Crippen LogP contribution in [0, 0.1) is 23.4 Å². The second-order valence-corrected chi connectivity index (χ2v) is 10.3. The first-order chi connectivity index (χ1) is 16.9. The van der Waals surface area contributed by atoms with Crippen molar-refractivity contribution in [2.24, 2.45) is 11.7 Å². The minimum Gasteiger partial charge on any atom is -0.386 e. The molecule has 0 saturated heterocycles. The Bertz CT molecular complexity index is 1260. The van der Waals surface area contributed by atoms with Gasteiger partial charge in [-0.05, 0) is 92.0 Å². The van der Waals surface area contributed by atoms with Gasteiger partial charge in [-0.3, -0.25) is 9.78 Å². The fraction of sp³-hybridized carbons (Fsp3) is 0.393. The fourth-order valence-electron chi connectivity index (χ4n) is 5.08. The Morgan fingerprint density at radius 3 is 2.42 bits per heavy atom. The maximum Gasteiger partial charge on any atom is 0.185 e. The fourth-order valence-corrected chi connectivity index (χ4v) is 5.08. The monoisotopic (exact) mass is 497 g/mol. The molecule has 190 valence electrons. The highest BCUT2D eigenvalue weighted by molar-refractivity contribution is 5.96. The molecular formula is C28H30F3N3O2. The first-order valence-corrected chi connectivity index (χ1v) is 12.0. The summed E-state index contributed by atoms with van der Waals surface area (Å²) in [4.78, 5) is 21.4. The van der Waals surface area contributed by atoms with E-state index in [1.54, 1.807) is 12.4 Å². The van der Waals surface area contributed by atoms with Gasteiger partial charge in [0.05, 0.1) is 11.2 Å². The van der Waals surface area contributed by atoms with Gasteiger partial charge in [0.15, 0.2) is 5.78 Å². The van der Waals surface area contributed by atoms with Crippen LogP contribution < -0.4 is 5.73 Å². The number of halogens is 3. The largest absolute Gasteiger partial charge is 0.386 e. The predicted molar refractivity (Wildman–Crippen MR) is 131 cm³/mol. The summed E-state index contributed by atoms with van der Waals surface area (Å²) in [5, 5.41) is 10.1. The third kappa shape index (κ3) is 5.50. The van der Waals surface area contributed by atoms with Crippen molar-refractivity contribution in [3.05, 3.63) is 82.6 Å². The average molecular weight is 498 g/mol. The van der Waals surface area contributed by atoms with E-state index in [4.69, 9.17) is 5.73 Å². The Hall–Kier alpha value is -3.10. The van der Waals surface area contributed by atoms with Crippen LogP contribution in [0.15, 0.2) is 42.7 Å². The summed E-state index contributed by atoms with van der Waals surface area (Å²) in [5.41, 5.74) is 5.06. The maximum absolute atomic E-state index is 14.8. The molecule has 2 aromatic heterocycles. The van der Waals surface area contributed by atoms with Crippen LogP contribution in [0.5, 0.6) is 0 Å². The summed E-state index contributed by atoms with van der Waals surface area (Å²) in [6, 6.07) is 6.04. The van der Waals surface area contributed by atoms with E-state index in [9.17, 15) is 23.1 Å². The molecule has 0 spiro atoms. The molecule has 0 aliphatic heterocycles. The van der Waals surface area contributed by atoms with Gasteiger partial charge in [0, 0.05) is 24.9 Å². The zero-order chi connectivity index (χ0) is 26.2. The van der Waals surface area contributed by atoms with Gasteiger partial charge in [0.25, 0.3) is 0 Å². The molecule has 3 aromatic rings. The Morgan fingerprint density at radius 2 is 1.78 bits per heavy atom. The molecule has 0 amide bonds. The van der Waals surface area contributed by atoms with Gasteiger partial charge in [-0.15, -0.1) is 0 Å². The lowest BCUT2D eigenvalue weighted by atomic mass is 9.75. The first kappa shape index (κ1) is 26.0. The number of hydrogen-bond donors (Lipinski definition) is 2. The second-order valence-electron chi connectivity index (χ2n) is 10.3. The molecule has 3 N–H and O–H groups in total. The number of aromatic nitrogens is 2. The summed E-state index contributed by atoms with van der Waals surface area (Å²) in [5.74, 6) is -2.89. The third-order valence-corrected chi connectivity index (χ3v) is 6.83. The molecule has 1 saturated carbocycles. The Balaban J connectivity index is 1.65. The SMILES string of the molecule is C[C@@H]1C[C@H](N)C[C@H](c2ccncc2CC(=O)c2ccc(F)c(-c3c(F)cc(C(C)(C)O)cc3F)n2)C1. The molecule has 4 rings (SSSR count). The van der Waals surface area contributed by atoms with Crippen LogP contribution >= 0.6 is 0 Å².